The van der Waals surface area contributed by atoms with Crippen molar-refractivity contribution >= 4 is 11.9 Å². The Hall–Kier alpha value is -2.02. The molecule has 2 saturated carbocycles. The molecule has 0 aliphatic heterocycles. The predicted molar refractivity (Wildman–Crippen MR) is 141 cm³/mol. The summed E-state index contributed by atoms with van der Waals surface area (Å²) in [6.07, 6.45) is 14.0. The molecule has 0 bridgehead atoms. The zero-order valence-electron chi connectivity index (χ0n) is 21.8. The zero-order chi connectivity index (χ0) is 25.7. The van der Waals surface area contributed by atoms with E-state index in [1.807, 2.05) is 13.8 Å². The van der Waals surface area contributed by atoms with Crippen LogP contribution in [0.5, 0.6) is 0 Å². The smallest absolute Gasteiger partial charge is 0.306 e. The van der Waals surface area contributed by atoms with Crippen LogP contribution in [0.15, 0.2) is 0 Å². The van der Waals surface area contributed by atoms with Crippen LogP contribution in [0, 0.1) is 36.5 Å². The van der Waals surface area contributed by atoms with Crippen LogP contribution in [-0.4, -0.2) is 51.6 Å². The Labute approximate surface area is 204 Å². The molecule has 0 saturated heterocycles. The van der Waals surface area contributed by atoms with Gasteiger partial charge in [-0.25, -0.2) is 0 Å². The van der Waals surface area contributed by atoms with E-state index in [9.17, 15) is 9.59 Å². The highest BCUT2D eigenvalue weighted by atomic mass is 16.4. The van der Waals surface area contributed by atoms with E-state index in [0.717, 1.165) is 32.2 Å². The first-order valence-electron chi connectivity index (χ1n) is 11.6. The molecule has 0 aromatic carbocycles. The third-order valence-corrected chi connectivity index (χ3v) is 4.74. The summed E-state index contributed by atoms with van der Waals surface area (Å²) in [4.78, 5) is 23.4. The monoisotopic (exact) mass is 465 g/mol. The molecule has 0 radical (unpaired) electrons. The first-order chi connectivity index (χ1) is 14.5. The third-order valence-electron chi connectivity index (χ3n) is 4.74. The number of carboxylic acid groups (broad SMARTS) is 1. The summed E-state index contributed by atoms with van der Waals surface area (Å²) in [5.74, 6) is 4.64. The molecule has 2 aliphatic rings. The van der Waals surface area contributed by atoms with Crippen molar-refractivity contribution in [2.45, 2.75) is 119 Å². The Kier molecular flexibility index (Phi) is 17.9. The lowest BCUT2D eigenvalue weighted by atomic mass is 10.1. The topological polar surface area (TPSA) is 95.7 Å². The van der Waals surface area contributed by atoms with Gasteiger partial charge in [0.2, 0.25) is 5.91 Å². The molecular weight excluding hydrogens is 414 g/mol. The standard InChI is InChI=1S/C9H13NO.C8H19N.C5H9N.C4H6O2.CH4/c1-4-9(2,3)10-8(11)7-5-6-7;1-6-9(7(2)3)8(4)5;1-4-5(2,3)6;5-4(6)3-1-2-3;/h1,7H,5-6H2,2-3H3,(H,10,11);7-8H,6H2,1-5H3;1H,6H2,2-3H3;3H,1-2H2,(H,5,6);1H4. The van der Waals surface area contributed by atoms with Crippen molar-refractivity contribution in [3.05, 3.63) is 0 Å². The second kappa shape index (κ2) is 16.6. The number of aliphatic carboxylic acids is 1. The molecule has 0 aromatic rings. The minimum Gasteiger partial charge on any atom is -0.481 e. The van der Waals surface area contributed by atoms with Gasteiger partial charge in [-0.05, 0) is 87.6 Å². The summed E-state index contributed by atoms with van der Waals surface area (Å²) >= 11 is 0. The van der Waals surface area contributed by atoms with Crippen molar-refractivity contribution in [2.24, 2.45) is 17.6 Å². The number of carbonyl (C=O) groups is 2. The molecule has 0 spiro atoms. The van der Waals surface area contributed by atoms with Crippen molar-refractivity contribution in [1.29, 1.82) is 0 Å². The van der Waals surface area contributed by atoms with Gasteiger partial charge < -0.3 is 16.2 Å². The highest BCUT2D eigenvalue weighted by Gasteiger charge is 2.32. The zero-order valence-corrected chi connectivity index (χ0v) is 21.8. The molecule has 6 heteroatoms. The molecule has 0 aromatic heterocycles. The van der Waals surface area contributed by atoms with Crippen LogP contribution in [0.3, 0.4) is 0 Å². The van der Waals surface area contributed by atoms with Gasteiger partial charge in [0.25, 0.3) is 0 Å². The summed E-state index contributed by atoms with van der Waals surface area (Å²) in [5.41, 5.74) is 4.38. The van der Waals surface area contributed by atoms with E-state index in [4.69, 9.17) is 23.7 Å². The van der Waals surface area contributed by atoms with Gasteiger partial charge in [-0.2, -0.15) is 0 Å². The second-order valence-corrected chi connectivity index (χ2v) is 10.0. The maximum absolute atomic E-state index is 11.2. The van der Waals surface area contributed by atoms with Crippen molar-refractivity contribution in [1.82, 2.24) is 10.2 Å². The number of hydrogen-bond donors (Lipinski definition) is 3. The average molecular weight is 466 g/mol. The Bertz CT molecular complexity index is 633. The number of rotatable bonds is 6. The fourth-order valence-electron chi connectivity index (χ4n) is 2.45. The Morgan fingerprint density at radius 2 is 1.36 bits per heavy atom. The van der Waals surface area contributed by atoms with Crippen molar-refractivity contribution in [2.75, 3.05) is 6.54 Å². The van der Waals surface area contributed by atoms with Gasteiger partial charge in [0, 0.05) is 18.0 Å². The maximum atomic E-state index is 11.2. The lowest BCUT2D eigenvalue weighted by molar-refractivity contribution is -0.138. The number of nitrogens with two attached hydrogens (primary N) is 1. The summed E-state index contributed by atoms with van der Waals surface area (Å²) in [6.45, 7) is 19.6. The molecule has 2 aliphatic carbocycles. The van der Waals surface area contributed by atoms with Gasteiger partial charge in [-0.1, -0.05) is 26.2 Å². The van der Waals surface area contributed by atoms with Crippen molar-refractivity contribution in [3.63, 3.8) is 0 Å². The third kappa shape index (κ3) is 21.6. The van der Waals surface area contributed by atoms with E-state index in [2.05, 4.69) is 56.7 Å². The molecule has 0 atom stereocenters. The van der Waals surface area contributed by atoms with Gasteiger partial charge in [0.05, 0.1) is 17.0 Å². The van der Waals surface area contributed by atoms with Crippen molar-refractivity contribution < 1.29 is 14.7 Å². The molecule has 0 unspecified atom stereocenters. The molecule has 2 fully saturated rings. The van der Waals surface area contributed by atoms with Gasteiger partial charge in [0.1, 0.15) is 0 Å². The lowest BCUT2D eigenvalue weighted by Crippen LogP contribution is -2.42. The van der Waals surface area contributed by atoms with Crippen LogP contribution < -0.4 is 11.1 Å². The van der Waals surface area contributed by atoms with Gasteiger partial charge in [-0.15, -0.1) is 12.8 Å². The predicted octanol–water partition coefficient (Wildman–Crippen LogP) is 4.52. The molecule has 4 N–H and O–H groups in total. The average Bonchev–Trinajstić information content (AvgIpc) is 3.55. The first-order valence-corrected chi connectivity index (χ1v) is 11.6. The maximum Gasteiger partial charge on any atom is 0.306 e. The van der Waals surface area contributed by atoms with Crippen LogP contribution in [0.1, 0.15) is 95.4 Å². The summed E-state index contributed by atoms with van der Waals surface area (Å²) < 4.78 is 0. The van der Waals surface area contributed by atoms with Gasteiger partial charge >= 0.3 is 5.97 Å². The molecule has 2 rings (SSSR count). The van der Waals surface area contributed by atoms with Crippen LogP contribution in [0.2, 0.25) is 0 Å². The van der Waals surface area contributed by atoms with Gasteiger partial charge in [0.15, 0.2) is 0 Å². The fraction of sp³-hybridized carbons (Fsp3) is 0.778. The largest absolute Gasteiger partial charge is 0.481 e. The molecule has 192 valence electrons. The number of amides is 1. The van der Waals surface area contributed by atoms with Crippen LogP contribution in [0.4, 0.5) is 0 Å². The number of nitrogens with zero attached hydrogens (tertiary/aromatic N) is 1. The molecule has 33 heavy (non-hydrogen) atoms. The SMILES string of the molecule is C.C#CC(C)(C)N.C#CC(C)(C)NC(=O)C1CC1.CCN(C(C)C)C(C)C.O=C(O)C1CC1. The summed E-state index contributed by atoms with van der Waals surface area (Å²) in [6, 6.07) is 1.38. The van der Waals surface area contributed by atoms with Crippen LogP contribution >= 0.6 is 0 Å². The highest BCUT2D eigenvalue weighted by molar-refractivity contribution is 5.81. The number of carboxylic acids is 1. The molecule has 1 amide bonds. The van der Waals surface area contributed by atoms with Crippen LogP contribution in [0.25, 0.3) is 0 Å². The summed E-state index contributed by atoms with van der Waals surface area (Å²) in [7, 11) is 0. The second-order valence-electron chi connectivity index (χ2n) is 10.0. The van der Waals surface area contributed by atoms with E-state index in [1.54, 1.807) is 13.8 Å². The number of carbonyl (C=O) groups excluding carboxylic acids is 1. The van der Waals surface area contributed by atoms with Crippen LogP contribution in [-0.2, 0) is 9.59 Å². The molecule has 6 nitrogen and oxygen atoms in total. The number of hydrogen-bond acceptors (Lipinski definition) is 4. The number of nitrogens with one attached hydrogen (secondary N) is 1. The van der Waals surface area contributed by atoms with E-state index < -0.39 is 17.0 Å². The molecule has 0 heterocycles. The Morgan fingerprint density at radius 1 is 1.00 bits per heavy atom. The lowest BCUT2D eigenvalue weighted by Gasteiger charge is -2.28. The fourth-order valence-corrected chi connectivity index (χ4v) is 2.45. The van der Waals surface area contributed by atoms with E-state index >= 15 is 0 Å². The van der Waals surface area contributed by atoms with E-state index in [0.29, 0.717) is 12.1 Å². The minimum atomic E-state index is -0.630. The number of terminal acetylenes is 2. The molecular formula is C27H51N3O3. The Balaban J connectivity index is -0.000000372. The Morgan fingerprint density at radius 3 is 1.48 bits per heavy atom. The quantitative estimate of drug-likeness (QED) is 0.501. The van der Waals surface area contributed by atoms with E-state index in [-0.39, 0.29) is 25.2 Å². The first kappa shape index (κ1) is 35.6. The van der Waals surface area contributed by atoms with E-state index in [1.165, 1.54) is 0 Å². The van der Waals surface area contributed by atoms with Crippen molar-refractivity contribution in [3.8, 4) is 24.7 Å². The highest BCUT2D eigenvalue weighted by Crippen LogP contribution is 2.29. The van der Waals surface area contributed by atoms with Gasteiger partial charge in [-0.3, -0.25) is 14.5 Å². The normalized spacial score (nSPS) is 14.6. The minimum absolute atomic E-state index is 0. The summed E-state index contributed by atoms with van der Waals surface area (Å²) in [5, 5.41) is 10.8.